The van der Waals surface area contributed by atoms with Crippen LogP contribution in [-0.2, 0) is 4.79 Å². The van der Waals surface area contributed by atoms with E-state index < -0.39 is 0 Å². The van der Waals surface area contributed by atoms with Gasteiger partial charge in [-0.05, 0) is 55.3 Å². The number of carbonyl (C=O) groups is 1. The van der Waals surface area contributed by atoms with Gasteiger partial charge in [0.05, 0.1) is 22.3 Å². The third kappa shape index (κ3) is 4.90. The molecule has 0 saturated carbocycles. The van der Waals surface area contributed by atoms with Crippen LogP contribution in [0.1, 0.15) is 11.1 Å². The van der Waals surface area contributed by atoms with E-state index in [1.54, 1.807) is 29.1 Å². The van der Waals surface area contributed by atoms with Crippen molar-refractivity contribution in [3.05, 3.63) is 82.4 Å². The number of nitrogens with zero attached hydrogens (tertiary/aromatic N) is 6. The molecule has 0 spiro atoms. The second-order valence-electron chi connectivity index (χ2n) is 8.60. The van der Waals surface area contributed by atoms with Crippen LogP contribution < -0.4 is 10.5 Å². The van der Waals surface area contributed by atoms with Crippen LogP contribution in [0.25, 0.3) is 16.6 Å². The highest BCUT2D eigenvalue weighted by Gasteiger charge is 2.23. The molecule has 4 aromatic rings. The van der Waals surface area contributed by atoms with Crippen molar-refractivity contribution < 1.29 is 4.79 Å². The van der Waals surface area contributed by atoms with E-state index in [4.69, 9.17) is 4.98 Å². The molecular weight excluding hydrogens is 460 g/mol. The van der Waals surface area contributed by atoms with Crippen LogP contribution in [-0.4, -0.2) is 62.3 Å². The van der Waals surface area contributed by atoms with Gasteiger partial charge >= 0.3 is 0 Å². The minimum Gasteiger partial charge on any atom is -0.338 e. The summed E-state index contributed by atoms with van der Waals surface area (Å²) in [4.78, 5) is 43.9. The first-order valence-electron chi connectivity index (χ1n) is 11.5. The molecule has 0 N–H and O–H groups in total. The number of benzene rings is 2. The Labute approximate surface area is 207 Å². The molecule has 1 saturated heterocycles. The lowest BCUT2D eigenvalue weighted by Crippen LogP contribution is -2.49. The fourth-order valence-corrected chi connectivity index (χ4v) is 5.26. The van der Waals surface area contributed by atoms with Crippen molar-refractivity contribution in [1.29, 1.82) is 0 Å². The summed E-state index contributed by atoms with van der Waals surface area (Å²) in [5.74, 6) is 0.919. The van der Waals surface area contributed by atoms with Crippen LogP contribution >= 0.6 is 11.8 Å². The molecule has 8 nitrogen and oxygen atoms in total. The maximum atomic E-state index is 13.5. The quantitative estimate of drug-likeness (QED) is 0.316. The van der Waals surface area contributed by atoms with E-state index in [1.807, 2.05) is 49.1 Å². The van der Waals surface area contributed by atoms with Gasteiger partial charge < -0.3 is 9.80 Å². The van der Waals surface area contributed by atoms with Crippen LogP contribution in [0.2, 0.25) is 0 Å². The maximum absolute atomic E-state index is 13.5. The normalized spacial score (nSPS) is 13.9. The molecule has 0 atom stereocenters. The van der Waals surface area contributed by atoms with Gasteiger partial charge in [-0.1, -0.05) is 30.0 Å². The van der Waals surface area contributed by atoms with Crippen LogP contribution in [0.15, 0.2) is 70.9 Å². The van der Waals surface area contributed by atoms with Gasteiger partial charge in [-0.25, -0.2) is 15.0 Å². The minimum absolute atomic E-state index is 0.0259. The van der Waals surface area contributed by atoms with Gasteiger partial charge in [-0.15, -0.1) is 0 Å². The van der Waals surface area contributed by atoms with Crippen molar-refractivity contribution in [3.8, 4) is 5.69 Å². The predicted octanol–water partition coefficient (Wildman–Crippen LogP) is 3.23. The average molecular weight is 487 g/mol. The molecule has 0 aliphatic carbocycles. The highest BCUT2D eigenvalue weighted by atomic mass is 32.2. The summed E-state index contributed by atoms with van der Waals surface area (Å²) in [6.45, 7) is 6.59. The van der Waals surface area contributed by atoms with Crippen molar-refractivity contribution >= 4 is 34.5 Å². The van der Waals surface area contributed by atoms with E-state index in [0.717, 1.165) is 16.8 Å². The highest BCUT2D eigenvalue weighted by molar-refractivity contribution is 7.99. The van der Waals surface area contributed by atoms with Crippen LogP contribution in [0.3, 0.4) is 0 Å². The number of aromatic nitrogens is 4. The molecule has 1 amide bonds. The van der Waals surface area contributed by atoms with Crippen LogP contribution in [0, 0.1) is 13.8 Å². The van der Waals surface area contributed by atoms with Gasteiger partial charge in [-0.2, -0.15) is 0 Å². The Bertz CT molecular complexity index is 1410. The lowest BCUT2D eigenvalue weighted by atomic mass is 10.1. The largest absolute Gasteiger partial charge is 0.338 e. The Hall–Kier alpha value is -3.72. The summed E-state index contributed by atoms with van der Waals surface area (Å²) in [5.41, 5.74) is 3.38. The van der Waals surface area contributed by atoms with E-state index in [9.17, 15) is 9.59 Å². The van der Waals surface area contributed by atoms with Gasteiger partial charge in [-0.3, -0.25) is 14.2 Å². The van der Waals surface area contributed by atoms with Gasteiger partial charge in [0.15, 0.2) is 5.16 Å². The van der Waals surface area contributed by atoms with Gasteiger partial charge in [0, 0.05) is 38.6 Å². The number of para-hydroxylation sites is 1. The lowest BCUT2D eigenvalue weighted by molar-refractivity contribution is -0.128. The molecule has 9 heteroatoms. The zero-order valence-electron chi connectivity index (χ0n) is 19.7. The molecule has 0 radical (unpaired) electrons. The smallest absolute Gasteiger partial charge is 0.266 e. The molecule has 1 fully saturated rings. The van der Waals surface area contributed by atoms with Crippen molar-refractivity contribution in [2.24, 2.45) is 0 Å². The van der Waals surface area contributed by atoms with Crippen molar-refractivity contribution in [1.82, 2.24) is 24.4 Å². The number of rotatable bonds is 5. The maximum Gasteiger partial charge on any atom is 0.266 e. The highest BCUT2D eigenvalue weighted by Crippen LogP contribution is 2.23. The molecular formula is C26H26N6O2S. The van der Waals surface area contributed by atoms with Crippen LogP contribution in [0.5, 0.6) is 0 Å². The number of amides is 1. The molecule has 35 heavy (non-hydrogen) atoms. The second-order valence-corrected chi connectivity index (χ2v) is 9.55. The number of hydrogen-bond donors (Lipinski definition) is 0. The molecule has 0 unspecified atom stereocenters. The first-order chi connectivity index (χ1) is 17.0. The SMILES string of the molecule is Cc1cc(C)cc(-n2c(SCC(=O)N3CCN(c4ncccn4)CC3)nc3ccccc3c2=O)c1. The summed E-state index contributed by atoms with van der Waals surface area (Å²) >= 11 is 1.30. The molecule has 0 bridgehead atoms. The third-order valence-electron chi connectivity index (χ3n) is 6.00. The first kappa shape index (κ1) is 23.0. The number of thioether (sulfide) groups is 1. The molecule has 3 heterocycles. The van der Waals surface area contributed by atoms with Crippen molar-refractivity contribution in [2.45, 2.75) is 19.0 Å². The molecule has 178 valence electrons. The Morgan fingerprint density at radius 3 is 2.34 bits per heavy atom. The zero-order chi connectivity index (χ0) is 24.4. The minimum atomic E-state index is -0.132. The molecule has 1 aliphatic heterocycles. The van der Waals surface area contributed by atoms with E-state index >= 15 is 0 Å². The first-order valence-corrected chi connectivity index (χ1v) is 12.5. The summed E-state index contributed by atoms with van der Waals surface area (Å²) < 4.78 is 1.63. The number of carbonyl (C=O) groups excluding carboxylic acids is 1. The number of anilines is 1. The summed E-state index contributed by atoms with van der Waals surface area (Å²) in [5, 5.41) is 1.07. The molecule has 2 aromatic heterocycles. The van der Waals surface area contributed by atoms with E-state index in [1.165, 1.54) is 11.8 Å². The number of hydrogen-bond acceptors (Lipinski definition) is 7. The van der Waals surface area contributed by atoms with E-state index in [0.29, 0.717) is 48.2 Å². The van der Waals surface area contributed by atoms with Gasteiger partial charge in [0.2, 0.25) is 11.9 Å². The fraction of sp³-hybridized carbons (Fsp3) is 0.269. The molecule has 2 aromatic carbocycles. The van der Waals surface area contributed by atoms with Gasteiger partial charge in [0.25, 0.3) is 5.56 Å². The van der Waals surface area contributed by atoms with Crippen molar-refractivity contribution in [2.75, 3.05) is 36.8 Å². The fourth-order valence-electron chi connectivity index (χ4n) is 4.34. The topological polar surface area (TPSA) is 84.2 Å². The number of fused-ring (bicyclic) bond motifs is 1. The zero-order valence-corrected chi connectivity index (χ0v) is 20.5. The average Bonchev–Trinajstić information content (AvgIpc) is 2.87. The second kappa shape index (κ2) is 9.87. The predicted molar refractivity (Wildman–Crippen MR) is 138 cm³/mol. The van der Waals surface area contributed by atoms with E-state index in [-0.39, 0.29) is 17.2 Å². The lowest BCUT2D eigenvalue weighted by Gasteiger charge is -2.34. The number of aryl methyl sites for hydroxylation is 2. The third-order valence-corrected chi connectivity index (χ3v) is 6.93. The monoisotopic (exact) mass is 486 g/mol. The Morgan fingerprint density at radius 1 is 0.943 bits per heavy atom. The van der Waals surface area contributed by atoms with Crippen LogP contribution in [0.4, 0.5) is 5.95 Å². The Morgan fingerprint density at radius 2 is 1.63 bits per heavy atom. The molecule has 5 rings (SSSR count). The summed E-state index contributed by atoms with van der Waals surface area (Å²) in [6, 6.07) is 15.1. The van der Waals surface area contributed by atoms with E-state index in [2.05, 4.69) is 20.9 Å². The Balaban J connectivity index is 1.37. The Kier molecular flexibility index (Phi) is 6.50. The van der Waals surface area contributed by atoms with Gasteiger partial charge in [0.1, 0.15) is 0 Å². The number of piperazine rings is 1. The van der Waals surface area contributed by atoms with Crippen molar-refractivity contribution in [3.63, 3.8) is 0 Å². The standard InChI is InChI=1S/C26H26N6O2S/c1-18-14-19(2)16-20(15-18)32-24(34)21-6-3-4-7-22(21)29-26(32)35-17-23(33)30-10-12-31(13-11-30)25-27-8-5-9-28-25/h3-9,14-16H,10-13,17H2,1-2H3. The molecule has 1 aliphatic rings. The summed E-state index contributed by atoms with van der Waals surface area (Å²) in [6.07, 6.45) is 3.45. The summed E-state index contributed by atoms with van der Waals surface area (Å²) in [7, 11) is 0.